The van der Waals surface area contributed by atoms with E-state index in [4.69, 9.17) is 17.0 Å². The van der Waals surface area contributed by atoms with Crippen LogP contribution in [-0.2, 0) is 4.74 Å². The normalized spacial score (nSPS) is 20.6. The Labute approximate surface area is 101 Å². The highest BCUT2D eigenvalue weighted by molar-refractivity contribution is 7.71. The van der Waals surface area contributed by atoms with Crippen molar-refractivity contribution >= 4 is 12.2 Å². The van der Waals surface area contributed by atoms with Crippen LogP contribution in [0.1, 0.15) is 49.2 Å². The minimum Gasteiger partial charge on any atom is -0.381 e. The number of aromatic amines is 1. The van der Waals surface area contributed by atoms with Crippen LogP contribution in [0.15, 0.2) is 0 Å². The summed E-state index contributed by atoms with van der Waals surface area (Å²) in [5, 5.41) is 0. The number of nitrogens with zero attached hydrogens (tertiary/aromatic N) is 1. The van der Waals surface area contributed by atoms with Crippen molar-refractivity contribution in [1.82, 2.24) is 9.97 Å². The molecule has 16 heavy (non-hydrogen) atoms. The van der Waals surface area contributed by atoms with Crippen molar-refractivity contribution in [2.45, 2.75) is 39.0 Å². The Kier molecular flexibility index (Phi) is 3.40. The van der Waals surface area contributed by atoms with Gasteiger partial charge in [-0.1, -0.05) is 26.1 Å². The molecule has 1 aliphatic rings. The lowest BCUT2D eigenvalue weighted by Crippen LogP contribution is -2.09. The van der Waals surface area contributed by atoms with Crippen LogP contribution in [0.2, 0.25) is 0 Å². The smallest absolute Gasteiger partial charge is 0.133 e. The van der Waals surface area contributed by atoms with Gasteiger partial charge in [0, 0.05) is 23.8 Å². The molecular weight excluding hydrogens is 220 g/mol. The van der Waals surface area contributed by atoms with Gasteiger partial charge in [0.15, 0.2) is 0 Å². The first-order chi connectivity index (χ1) is 7.59. The van der Waals surface area contributed by atoms with E-state index in [0.29, 0.717) is 11.8 Å². The number of hydrogen-bond donors (Lipinski definition) is 1. The number of aromatic nitrogens is 2. The van der Waals surface area contributed by atoms with Crippen molar-refractivity contribution in [3.05, 3.63) is 21.7 Å². The van der Waals surface area contributed by atoms with E-state index in [2.05, 4.69) is 30.7 Å². The topological polar surface area (TPSA) is 37.9 Å². The van der Waals surface area contributed by atoms with Crippen molar-refractivity contribution < 1.29 is 4.74 Å². The Morgan fingerprint density at radius 1 is 1.50 bits per heavy atom. The van der Waals surface area contributed by atoms with Crippen molar-refractivity contribution in [3.8, 4) is 0 Å². The van der Waals surface area contributed by atoms with E-state index in [-0.39, 0.29) is 0 Å². The molecule has 88 valence electrons. The van der Waals surface area contributed by atoms with E-state index in [9.17, 15) is 0 Å². The van der Waals surface area contributed by atoms with Gasteiger partial charge in [-0.3, -0.25) is 0 Å². The molecule has 1 aliphatic heterocycles. The molecule has 2 heterocycles. The fourth-order valence-electron chi connectivity index (χ4n) is 2.24. The lowest BCUT2D eigenvalue weighted by atomic mass is 10.0. The maximum Gasteiger partial charge on any atom is 0.133 e. The molecule has 2 rings (SSSR count). The number of ether oxygens (including phenoxy) is 1. The Morgan fingerprint density at radius 2 is 2.25 bits per heavy atom. The molecule has 0 saturated carbocycles. The molecule has 1 N–H and O–H groups in total. The van der Waals surface area contributed by atoms with E-state index in [1.807, 2.05) is 0 Å². The number of H-pyrrole nitrogens is 1. The molecule has 3 nitrogen and oxygen atoms in total. The Hall–Kier alpha value is -0.740. The third kappa shape index (κ3) is 2.18. The average molecular weight is 238 g/mol. The van der Waals surface area contributed by atoms with Gasteiger partial charge in [0.1, 0.15) is 10.5 Å². The number of nitrogens with one attached hydrogen (secondary N) is 1. The zero-order valence-electron chi connectivity index (χ0n) is 10.0. The minimum atomic E-state index is 0.390. The number of hydrogen-bond acceptors (Lipinski definition) is 3. The summed E-state index contributed by atoms with van der Waals surface area (Å²) in [4.78, 5) is 7.90. The minimum absolute atomic E-state index is 0.390. The highest BCUT2D eigenvalue weighted by Gasteiger charge is 2.21. The van der Waals surface area contributed by atoms with E-state index >= 15 is 0 Å². The van der Waals surface area contributed by atoms with Crippen LogP contribution in [0, 0.1) is 11.6 Å². The largest absolute Gasteiger partial charge is 0.381 e. The van der Waals surface area contributed by atoms with Crippen LogP contribution < -0.4 is 0 Å². The summed E-state index contributed by atoms with van der Waals surface area (Å²) in [6.07, 6.45) is 1.04. The molecule has 1 unspecified atom stereocenters. The Morgan fingerprint density at radius 3 is 2.75 bits per heavy atom. The first-order valence-corrected chi connectivity index (χ1v) is 6.19. The van der Waals surface area contributed by atoms with Crippen LogP contribution in [0.5, 0.6) is 0 Å². The fraction of sp³-hybridized carbons (Fsp3) is 0.667. The quantitative estimate of drug-likeness (QED) is 0.805. The molecule has 1 aromatic rings. The molecule has 4 heteroatoms. The Balaban J connectivity index is 2.40. The standard InChI is InChI=1S/C12H18N2OS/c1-7(2)10-8(3)13-11(14-12(10)16)9-4-5-15-6-9/h7,9H,4-6H2,1-3H3,(H,13,14,16). The zero-order chi connectivity index (χ0) is 11.7. The molecule has 0 radical (unpaired) electrons. The van der Waals surface area contributed by atoms with Gasteiger partial charge in [-0.05, 0) is 19.3 Å². The first kappa shape index (κ1) is 11.7. The van der Waals surface area contributed by atoms with Gasteiger partial charge in [-0.15, -0.1) is 0 Å². The van der Waals surface area contributed by atoms with Gasteiger partial charge >= 0.3 is 0 Å². The molecule has 0 bridgehead atoms. The second-order valence-corrected chi connectivity index (χ2v) is 5.07. The van der Waals surface area contributed by atoms with Crippen molar-refractivity contribution in [2.75, 3.05) is 13.2 Å². The van der Waals surface area contributed by atoms with Crippen molar-refractivity contribution in [1.29, 1.82) is 0 Å². The summed E-state index contributed by atoms with van der Waals surface area (Å²) in [6.45, 7) is 7.96. The van der Waals surface area contributed by atoms with E-state index in [0.717, 1.165) is 41.4 Å². The van der Waals surface area contributed by atoms with Gasteiger partial charge in [-0.2, -0.15) is 0 Å². The molecule has 0 amide bonds. The molecule has 1 saturated heterocycles. The van der Waals surface area contributed by atoms with Gasteiger partial charge in [0.2, 0.25) is 0 Å². The molecule has 0 aromatic carbocycles. The van der Waals surface area contributed by atoms with Crippen LogP contribution in [0.3, 0.4) is 0 Å². The summed E-state index contributed by atoms with van der Waals surface area (Å²) < 4.78 is 6.12. The molecule has 0 aliphatic carbocycles. The van der Waals surface area contributed by atoms with Crippen molar-refractivity contribution in [3.63, 3.8) is 0 Å². The predicted octanol–water partition coefficient (Wildman–Crippen LogP) is 3.07. The number of rotatable bonds is 2. The summed E-state index contributed by atoms with van der Waals surface area (Å²) >= 11 is 5.37. The third-order valence-electron chi connectivity index (χ3n) is 3.07. The second-order valence-electron chi connectivity index (χ2n) is 4.68. The van der Waals surface area contributed by atoms with Gasteiger partial charge in [0.25, 0.3) is 0 Å². The lowest BCUT2D eigenvalue weighted by Gasteiger charge is -2.14. The van der Waals surface area contributed by atoms with Gasteiger partial charge in [-0.25, -0.2) is 4.98 Å². The summed E-state index contributed by atoms with van der Waals surface area (Å²) in [7, 11) is 0. The molecule has 1 atom stereocenters. The fourth-order valence-corrected chi connectivity index (χ4v) is 2.73. The van der Waals surface area contributed by atoms with Gasteiger partial charge < -0.3 is 9.72 Å². The average Bonchev–Trinajstić information content (AvgIpc) is 2.67. The summed E-state index contributed by atoms with van der Waals surface area (Å²) in [5.41, 5.74) is 2.31. The molecular formula is C12H18N2OS. The van der Waals surface area contributed by atoms with Crippen molar-refractivity contribution in [2.24, 2.45) is 0 Å². The number of aryl methyl sites for hydroxylation is 1. The highest BCUT2D eigenvalue weighted by atomic mass is 32.1. The van der Waals surface area contributed by atoms with Gasteiger partial charge in [0.05, 0.1) is 6.61 Å². The lowest BCUT2D eigenvalue weighted by molar-refractivity contribution is 0.193. The predicted molar refractivity (Wildman–Crippen MR) is 66.4 cm³/mol. The van der Waals surface area contributed by atoms with Crippen LogP contribution in [0.4, 0.5) is 0 Å². The zero-order valence-corrected chi connectivity index (χ0v) is 10.9. The Bertz CT molecular complexity index is 433. The molecule has 1 fully saturated rings. The van der Waals surface area contributed by atoms with Crippen LogP contribution >= 0.6 is 12.2 Å². The van der Waals surface area contributed by atoms with E-state index in [1.54, 1.807) is 0 Å². The maximum atomic E-state index is 5.37. The monoisotopic (exact) mass is 238 g/mol. The second kappa shape index (κ2) is 4.63. The molecule has 1 aromatic heterocycles. The first-order valence-electron chi connectivity index (χ1n) is 5.78. The molecule has 0 spiro atoms. The summed E-state index contributed by atoms with van der Waals surface area (Å²) in [6, 6.07) is 0. The van der Waals surface area contributed by atoms with Crippen LogP contribution in [-0.4, -0.2) is 23.2 Å². The van der Waals surface area contributed by atoms with E-state index in [1.165, 1.54) is 0 Å². The summed E-state index contributed by atoms with van der Waals surface area (Å²) in [5.74, 6) is 1.80. The highest BCUT2D eigenvalue weighted by Crippen LogP contribution is 2.25. The third-order valence-corrected chi connectivity index (χ3v) is 3.38. The van der Waals surface area contributed by atoms with Crippen LogP contribution in [0.25, 0.3) is 0 Å². The maximum absolute atomic E-state index is 5.37. The SMILES string of the molecule is Cc1[nH]c(C2CCOC2)nc(=S)c1C(C)C. The van der Waals surface area contributed by atoms with E-state index < -0.39 is 0 Å².